The lowest BCUT2D eigenvalue weighted by Crippen LogP contribution is -2.46. The summed E-state index contributed by atoms with van der Waals surface area (Å²) in [6, 6.07) is 0. The molecule has 0 aromatic heterocycles. The smallest absolute Gasteiger partial charge is 0.471 e. The number of alkyl halides is 3. The Kier molecular flexibility index (Phi) is 3.74. The van der Waals surface area contributed by atoms with Crippen LogP contribution in [0.1, 0.15) is 12.8 Å². The molecule has 5 nitrogen and oxygen atoms in total. The SMILES string of the molecule is O=C(O)C(=O)C1CCN(C(=O)C(F)(F)F)CC1. The van der Waals surface area contributed by atoms with Gasteiger partial charge in [0, 0.05) is 19.0 Å². The number of amides is 1. The number of carboxylic acid groups (broad SMARTS) is 1. The van der Waals surface area contributed by atoms with Gasteiger partial charge in [0.1, 0.15) is 0 Å². The van der Waals surface area contributed by atoms with E-state index in [-0.39, 0.29) is 25.9 Å². The number of carboxylic acids is 1. The lowest BCUT2D eigenvalue weighted by Gasteiger charge is -2.30. The lowest BCUT2D eigenvalue weighted by molar-refractivity contribution is -0.186. The average molecular weight is 253 g/mol. The fourth-order valence-corrected chi connectivity index (χ4v) is 1.70. The number of aliphatic carboxylic acids is 1. The summed E-state index contributed by atoms with van der Waals surface area (Å²) in [5.41, 5.74) is 0. The van der Waals surface area contributed by atoms with E-state index in [1.807, 2.05) is 0 Å². The molecule has 17 heavy (non-hydrogen) atoms. The van der Waals surface area contributed by atoms with E-state index in [0.717, 1.165) is 0 Å². The Balaban J connectivity index is 2.55. The van der Waals surface area contributed by atoms with Gasteiger partial charge in [-0.1, -0.05) is 0 Å². The molecule has 1 N–H and O–H groups in total. The molecule has 0 radical (unpaired) electrons. The number of halogens is 3. The molecule has 1 fully saturated rings. The summed E-state index contributed by atoms with van der Waals surface area (Å²) in [6.45, 7) is -0.496. The number of rotatable bonds is 2. The van der Waals surface area contributed by atoms with E-state index in [1.54, 1.807) is 0 Å². The van der Waals surface area contributed by atoms with Gasteiger partial charge in [-0.25, -0.2) is 4.79 Å². The number of carbonyl (C=O) groups excluding carboxylic acids is 2. The second kappa shape index (κ2) is 4.72. The Morgan fingerprint density at radius 2 is 1.59 bits per heavy atom. The Morgan fingerprint density at radius 1 is 1.12 bits per heavy atom. The number of hydrogen-bond acceptors (Lipinski definition) is 3. The summed E-state index contributed by atoms with van der Waals surface area (Å²) in [6.07, 6.45) is -5.02. The number of nitrogens with zero attached hydrogens (tertiary/aromatic N) is 1. The van der Waals surface area contributed by atoms with Crippen LogP contribution in [0, 0.1) is 5.92 Å². The number of carbonyl (C=O) groups is 3. The molecule has 1 saturated heterocycles. The standard InChI is InChI=1S/C9H10F3NO4/c10-9(11,12)8(17)13-3-1-5(2-4-13)6(14)7(15)16/h5H,1-4H2,(H,15,16). The van der Waals surface area contributed by atoms with Crippen molar-refractivity contribution in [2.24, 2.45) is 5.92 Å². The zero-order valence-electron chi connectivity index (χ0n) is 8.66. The van der Waals surface area contributed by atoms with E-state index in [1.165, 1.54) is 0 Å². The Morgan fingerprint density at radius 3 is 1.94 bits per heavy atom. The van der Waals surface area contributed by atoms with Crippen molar-refractivity contribution in [2.45, 2.75) is 19.0 Å². The predicted molar refractivity (Wildman–Crippen MR) is 48.0 cm³/mol. The molecule has 0 atom stereocenters. The van der Waals surface area contributed by atoms with Gasteiger partial charge in [-0.2, -0.15) is 13.2 Å². The highest BCUT2D eigenvalue weighted by molar-refractivity contribution is 6.33. The van der Waals surface area contributed by atoms with E-state index < -0.39 is 29.8 Å². The molecule has 0 aliphatic carbocycles. The zero-order chi connectivity index (χ0) is 13.2. The summed E-state index contributed by atoms with van der Waals surface area (Å²) in [4.78, 5) is 32.8. The number of piperidine rings is 1. The normalized spacial score (nSPS) is 17.9. The highest BCUT2D eigenvalue weighted by Crippen LogP contribution is 2.24. The average Bonchev–Trinajstić information content (AvgIpc) is 2.26. The van der Waals surface area contributed by atoms with E-state index in [9.17, 15) is 27.6 Å². The molecule has 0 unspecified atom stereocenters. The summed E-state index contributed by atoms with van der Waals surface area (Å²) >= 11 is 0. The second-order valence-electron chi connectivity index (χ2n) is 3.73. The first-order valence-electron chi connectivity index (χ1n) is 4.86. The van der Waals surface area contributed by atoms with Gasteiger partial charge in [-0.3, -0.25) is 9.59 Å². The summed E-state index contributed by atoms with van der Waals surface area (Å²) < 4.78 is 36.2. The molecular weight excluding hydrogens is 243 g/mol. The largest absolute Gasteiger partial charge is 0.475 e. The quantitative estimate of drug-likeness (QED) is 0.724. The van der Waals surface area contributed by atoms with Gasteiger partial charge in [0.15, 0.2) is 0 Å². The molecule has 1 aliphatic heterocycles. The van der Waals surface area contributed by atoms with Crippen LogP contribution in [0.15, 0.2) is 0 Å². The Bertz CT molecular complexity index is 345. The van der Waals surface area contributed by atoms with Crippen LogP contribution in [0.25, 0.3) is 0 Å². The molecule has 1 rings (SSSR count). The zero-order valence-corrected chi connectivity index (χ0v) is 8.66. The molecule has 96 valence electrons. The van der Waals surface area contributed by atoms with E-state index in [0.29, 0.717) is 4.90 Å². The fraction of sp³-hybridized carbons (Fsp3) is 0.667. The highest BCUT2D eigenvalue weighted by atomic mass is 19.4. The minimum atomic E-state index is -4.93. The van der Waals surface area contributed by atoms with Gasteiger partial charge < -0.3 is 10.0 Å². The van der Waals surface area contributed by atoms with Gasteiger partial charge in [0.05, 0.1) is 0 Å². The van der Waals surface area contributed by atoms with Crippen LogP contribution in [-0.4, -0.2) is 46.9 Å². The van der Waals surface area contributed by atoms with Crippen LogP contribution < -0.4 is 0 Å². The molecule has 0 aromatic rings. The van der Waals surface area contributed by atoms with Gasteiger partial charge >= 0.3 is 18.1 Å². The lowest BCUT2D eigenvalue weighted by atomic mass is 9.92. The first-order chi connectivity index (χ1) is 7.73. The molecule has 0 aromatic carbocycles. The monoisotopic (exact) mass is 253 g/mol. The van der Waals surface area contributed by atoms with Crippen molar-refractivity contribution in [3.63, 3.8) is 0 Å². The minimum Gasteiger partial charge on any atom is -0.475 e. The third-order valence-corrected chi connectivity index (χ3v) is 2.61. The van der Waals surface area contributed by atoms with Crippen LogP contribution in [0.2, 0.25) is 0 Å². The number of hydrogen-bond donors (Lipinski definition) is 1. The van der Waals surface area contributed by atoms with Gasteiger partial charge in [-0.05, 0) is 12.8 Å². The Labute approximate surface area is 94.2 Å². The molecule has 8 heteroatoms. The first-order valence-corrected chi connectivity index (χ1v) is 4.86. The topological polar surface area (TPSA) is 74.7 Å². The van der Waals surface area contributed by atoms with Gasteiger partial charge in [0.25, 0.3) is 0 Å². The van der Waals surface area contributed by atoms with Crippen LogP contribution in [0.5, 0.6) is 0 Å². The summed E-state index contributed by atoms with van der Waals surface area (Å²) in [5, 5.41) is 8.43. The van der Waals surface area contributed by atoms with Crippen molar-refractivity contribution >= 4 is 17.7 Å². The van der Waals surface area contributed by atoms with Crippen molar-refractivity contribution in [3.05, 3.63) is 0 Å². The third kappa shape index (κ3) is 3.18. The predicted octanol–water partition coefficient (Wildman–Crippen LogP) is 0.441. The maximum atomic E-state index is 12.1. The second-order valence-corrected chi connectivity index (χ2v) is 3.73. The highest BCUT2D eigenvalue weighted by Gasteiger charge is 2.44. The van der Waals surface area contributed by atoms with E-state index in [2.05, 4.69) is 0 Å². The number of Topliss-reactive ketones (excluding diaryl/α,β-unsaturated/α-hetero) is 1. The fourth-order valence-electron chi connectivity index (χ4n) is 1.70. The molecule has 0 saturated carbocycles. The van der Waals surface area contributed by atoms with Crippen molar-refractivity contribution < 1.29 is 32.7 Å². The Hall–Kier alpha value is -1.60. The minimum absolute atomic E-state index is 0.0487. The van der Waals surface area contributed by atoms with Crippen molar-refractivity contribution in [2.75, 3.05) is 13.1 Å². The molecule has 0 bridgehead atoms. The maximum absolute atomic E-state index is 12.1. The summed E-state index contributed by atoms with van der Waals surface area (Å²) in [5.74, 6) is -5.35. The van der Waals surface area contributed by atoms with Gasteiger partial charge in [-0.15, -0.1) is 0 Å². The van der Waals surface area contributed by atoms with E-state index >= 15 is 0 Å². The van der Waals surface area contributed by atoms with Crippen LogP contribution in [0.3, 0.4) is 0 Å². The third-order valence-electron chi connectivity index (χ3n) is 2.61. The first kappa shape index (κ1) is 13.5. The molecular formula is C9H10F3NO4. The number of ketones is 1. The maximum Gasteiger partial charge on any atom is 0.471 e. The molecule has 0 spiro atoms. The number of likely N-dealkylation sites (tertiary alicyclic amines) is 1. The molecule has 1 heterocycles. The molecule has 1 amide bonds. The van der Waals surface area contributed by atoms with Crippen LogP contribution >= 0.6 is 0 Å². The van der Waals surface area contributed by atoms with E-state index in [4.69, 9.17) is 5.11 Å². The van der Waals surface area contributed by atoms with Crippen molar-refractivity contribution in [3.8, 4) is 0 Å². The van der Waals surface area contributed by atoms with Gasteiger partial charge in [0.2, 0.25) is 5.78 Å². The van der Waals surface area contributed by atoms with Crippen molar-refractivity contribution in [1.29, 1.82) is 0 Å². The van der Waals surface area contributed by atoms with Crippen LogP contribution in [-0.2, 0) is 14.4 Å². The molecule has 1 aliphatic rings. The van der Waals surface area contributed by atoms with Crippen LogP contribution in [0.4, 0.5) is 13.2 Å². The summed E-state index contributed by atoms with van der Waals surface area (Å²) in [7, 11) is 0. The van der Waals surface area contributed by atoms with Crippen molar-refractivity contribution in [1.82, 2.24) is 4.90 Å².